The van der Waals surface area contributed by atoms with E-state index in [2.05, 4.69) is 11.2 Å². The van der Waals surface area contributed by atoms with Crippen LogP contribution in [0.5, 0.6) is 5.75 Å². The second kappa shape index (κ2) is 5.71. The number of methoxy groups -OCH3 is 1. The van der Waals surface area contributed by atoms with Crippen LogP contribution < -0.4 is 10.1 Å². The van der Waals surface area contributed by atoms with Crippen molar-refractivity contribution >= 4 is 11.6 Å². The number of rotatable bonds is 4. The van der Waals surface area contributed by atoms with Gasteiger partial charge in [0.15, 0.2) is 0 Å². The number of carbonyl (C=O) groups is 1. The molecule has 0 aliphatic carbocycles. The number of anilines is 1. The lowest BCUT2D eigenvalue weighted by molar-refractivity contribution is -0.116. The molecule has 0 saturated carbocycles. The minimum atomic E-state index is -0.0712. The van der Waals surface area contributed by atoms with Crippen LogP contribution in [-0.2, 0) is 4.79 Å². The monoisotopic (exact) mass is 203 g/mol. The third-order valence-corrected chi connectivity index (χ3v) is 1.87. The molecule has 1 N–H and O–H groups in total. The summed E-state index contributed by atoms with van der Waals surface area (Å²) in [6, 6.07) is 7.15. The fraction of sp³-hybridized carbons (Fsp3) is 0.250. The average molecular weight is 203 g/mol. The van der Waals surface area contributed by atoms with Gasteiger partial charge >= 0.3 is 0 Å². The van der Waals surface area contributed by atoms with Crippen LogP contribution >= 0.6 is 0 Å². The van der Waals surface area contributed by atoms with Crippen LogP contribution in [0.25, 0.3) is 0 Å². The maximum atomic E-state index is 11.3. The van der Waals surface area contributed by atoms with E-state index in [0.29, 0.717) is 12.8 Å². The van der Waals surface area contributed by atoms with Crippen LogP contribution in [0, 0.1) is 12.3 Å². The molecule has 1 aromatic rings. The van der Waals surface area contributed by atoms with Gasteiger partial charge in [0.05, 0.1) is 7.11 Å². The number of benzene rings is 1. The van der Waals surface area contributed by atoms with Gasteiger partial charge in [-0.1, -0.05) is 0 Å². The third kappa shape index (κ3) is 3.74. The zero-order valence-corrected chi connectivity index (χ0v) is 8.62. The first-order valence-corrected chi connectivity index (χ1v) is 4.63. The van der Waals surface area contributed by atoms with Gasteiger partial charge in [-0.25, -0.2) is 0 Å². The van der Waals surface area contributed by atoms with Gasteiger partial charge in [0.25, 0.3) is 0 Å². The second-order valence-electron chi connectivity index (χ2n) is 2.98. The molecule has 0 unspecified atom stereocenters. The molecular weight excluding hydrogens is 190 g/mol. The molecule has 1 amide bonds. The van der Waals surface area contributed by atoms with Gasteiger partial charge in [0.2, 0.25) is 5.91 Å². The number of nitrogens with one attached hydrogen (secondary N) is 1. The molecule has 0 fully saturated rings. The highest BCUT2D eigenvalue weighted by molar-refractivity contribution is 5.90. The molecule has 0 heterocycles. The Morgan fingerprint density at radius 3 is 2.67 bits per heavy atom. The summed E-state index contributed by atoms with van der Waals surface area (Å²) >= 11 is 0. The molecule has 0 aliphatic rings. The van der Waals surface area contributed by atoms with E-state index in [1.165, 1.54) is 0 Å². The van der Waals surface area contributed by atoms with Gasteiger partial charge in [0.1, 0.15) is 5.75 Å². The van der Waals surface area contributed by atoms with Crippen molar-refractivity contribution in [1.29, 1.82) is 0 Å². The summed E-state index contributed by atoms with van der Waals surface area (Å²) in [7, 11) is 1.60. The highest BCUT2D eigenvalue weighted by atomic mass is 16.5. The van der Waals surface area contributed by atoms with Crippen LogP contribution in [-0.4, -0.2) is 13.0 Å². The van der Waals surface area contributed by atoms with Gasteiger partial charge in [-0.3, -0.25) is 4.79 Å². The summed E-state index contributed by atoms with van der Waals surface area (Å²) in [4.78, 5) is 11.3. The zero-order chi connectivity index (χ0) is 11.1. The SMILES string of the molecule is C#CCCC(=O)Nc1ccc(OC)cc1. The van der Waals surface area contributed by atoms with Crippen LogP contribution in [0.2, 0.25) is 0 Å². The molecular formula is C12H13NO2. The predicted molar refractivity (Wildman–Crippen MR) is 59.7 cm³/mol. The molecule has 78 valence electrons. The smallest absolute Gasteiger partial charge is 0.225 e. The number of terminal acetylenes is 1. The van der Waals surface area contributed by atoms with Gasteiger partial charge < -0.3 is 10.1 Å². The van der Waals surface area contributed by atoms with Crippen molar-refractivity contribution in [1.82, 2.24) is 0 Å². The van der Waals surface area contributed by atoms with Crippen molar-refractivity contribution in [3.05, 3.63) is 24.3 Å². The van der Waals surface area contributed by atoms with Crippen molar-refractivity contribution < 1.29 is 9.53 Å². The molecule has 0 aliphatic heterocycles. The summed E-state index contributed by atoms with van der Waals surface area (Å²) in [5.41, 5.74) is 0.748. The molecule has 1 aromatic carbocycles. The molecule has 0 spiro atoms. The Labute approximate surface area is 89.4 Å². The Balaban J connectivity index is 2.50. The lowest BCUT2D eigenvalue weighted by atomic mass is 10.2. The summed E-state index contributed by atoms with van der Waals surface area (Å²) in [5.74, 6) is 3.11. The van der Waals surface area contributed by atoms with E-state index in [4.69, 9.17) is 11.2 Å². The number of ether oxygens (including phenoxy) is 1. The van der Waals surface area contributed by atoms with E-state index in [1.807, 2.05) is 0 Å². The van der Waals surface area contributed by atoms with Crippen molar-refractivity contribution in [2.75, 3.05) is 12.4 Å². The Morgan fingerprint density at radius 2 is 2.13 bits per heavy atom. The first kappa shape index (κ1) is 11.1. The average Bonchev–Trinajstić information content (AvgIpc) is 2.27. The van der Waals surface area contributed by atoms with Crippen molar-refractivity contribution in [3.63, 3.8) is 0 Å². The molecule has 0 atom stereocenters. The number of carbonyl (C=O) groups excluding carboxylic acids is 1. The number of hydrogen-bond acceptors (Lipinski definition) is 2. The van der Waals surface area contributed by atoms with Crippen molar-refractivity contribution in [3.8, 4) is 18.1 Å². The molecule has 1 rings (SSSR count). The Hall–Kier alpha value is -1.95. The molecule has 3 nitrogen and oxygen atoms in total. The fourth-order valence-electron chi connectivity index (χ4n) is 1.08. The zero-order valence-electron chi connectivity index (χ0n) is 8.62. The van der Waals surface area contributed by atoms with E-state index < -0.39 is 0 Å². The first-order valence-electron chi connectivity index (χ1n) is 4.63. The summed E-state index contributed by atoms with van der Waals surface area (Å²) < 4.78 is 5.00. The highest BCUT2D eigenvalue weighted by Crippen LogP contribution is 2.15. The Bertz CT molecular complexity index is 362. The molecule has 0 aromatic heterocycles. The Morgan fingerprint density at radius 1 is 1.47 bits per heavy atom. The summed E-state index contributed by atoms with van der Waals surface area (Å²) in [6.07, 6.45) is 5.87. The number of hydrogen-bond donors (Lipinski definition) is 1. The lowest BCUT2D eigenvalue weighted by Crippen LogP contribution is -2.10. The lowest BCUT2D eigenvalue weighted by Gasteiger charge is -2.04. The Kier molecular flexibility index (Phi) is 4.24. The van der Waals surface area contributed by atoms with Gasteiger partial charge in [-0.2, -0.15) is 0 Å². The predicted octanol–water partition coefficient (Wildman–Crippen LogP) is 2.05. The van der Waals surface area contributed by atoms with Gasteiger partial charge in [-0.15, -0.1) is 12.3 Å². The van der Waals surface area contributed by atoms with Crippen LogP contribution in [0.4, 0.5) is 5.69 Å². The minimum Gasteiger partial charge on any atom is -0.497 e. The normalized spacial score (nSPS) is 9.07. The van der Waals surface area contributed by atoms with Crippen LogP contribution in [0.3, 0.4) is 0 Å². The largest absolute Gasteiger partial charge is 0.497 e. The minimum absolute atomic E-state index is 0.0712. The first-order chi connectivity index (χ1) is 7.26. The van der Waals surface area contributed by atoms with E-state index >= 15 is 0 Å². The van der Waals surface area contributed by atoms with Crippen molar-refractivity contribution in [2.24, 2.45) is 0 Å². The second-order valence-corrected chi connectivity index (χ2v) is 2.98. The third-order valence-electron chi connectivity index (χ3n) is 1.87. The van der Waals surface area contributed by atoms with E-state index in [9.17, 15) is 4.79 Å². The van der Waals surface area contributed by atoms with Gasteiger partial charge in [-0.05, 0) is 24.3 Å². The van der Waals surface area contributed by atoms with E-state index in [-0.39, 0.29) is 5.91 Å². The molecule has 15 heavy (non-hydrogen) atoms. The topological polar surface area (TPSA) is 38.3 Å². The number of amides is 1. The highest BCUT2D eigenvalue weighted by Gasteiger charge is 2.00. The maximum absolute atomic E-state index is 11.3. The van der Waals surface area contributed by atoms with E-state index in [1.54, 1.807) is 31.4 Å². The van der Waals surface area contributed by atoms with E-state index in [0.717, 1.165) is 11.4 Å². The summed E-state index contributed by atoms with van der Waals surface area (Å²) in [5, 5.41) is 2.74. The van der Waals surface area contributed by atoms with Crippen LogP contribution in [0.1, 0.15) is 12.8 Å². The standard InChI is InChI=1S/C12H13NO2/c1-3-4-5-12(14)13-10-6-8-11(15-2)9-7-10/h1,6-9H,4-5H2,2H3,(H,13,14). The quantitative estimate of drug-likeness (QED) is 0.760. The molecule has 0 radical (unpaired) electrons. The molecule has 3 heteroatoms. The molecule has 0 saturated heterocycles. The van der Waals surface area contributed by atoms with Crippen LogP contribution in [0.15, 0.2) is 24.3 Å². The maximum Gasteiger partial charge on any atom is 0.225 e. The summed E-state index contributed by atoms with van der Waals surface area (Å²) in [6.45, 7) is 0. The van der Waals surface area contributed by atoms with Gasteiger partial charge in [0, 0.05) is 18.5 Å². The molecule has 0 bridgehead atoms. The fourth-order valence-corrected chi connectivity index (χ4v) is 1.08. The van der Waals surface area contributed by atoms with Crippen molar-refractivity contribution in [2.45, 2.75) is 12.8 Å².